The molecule has 0 saturated carbocycles. The Hall–Kier alpha value is -1.84. The van der Waals surface area contributed by atoms with Crippen molar-refractivity contribution in [2.45, 2.75) is 38.9 Å². The largest absolute Gasteiger partial charge is 0.483 e. The summed E-state index contributed by atoms with van der Waals surface area (Å²) in [7, 11) is -4.17. The van der Waals surface area contributed by atoms with E-state index in [0.717, 1.165) is 10.5 Å². The molecule has 11 heteroatoms. The lowest BCUT2D eigenvalue weighted by molar-refractivity contribution is -0.139. The molecule has 7 nitrogen and oxygen atoms in total. The molecule has 2 aromatic rings. The summed E-state index contributed by atoms with van der Waals surface area (Å²) >= 11 is 3.34. The summed E-state index contributed by atoms with van der Waals surface area (Å²) in [4.78, 5) is 35.1. The molecule has 1 aliphatic rings. The Balaban J connectivity index is 1.60. The number of piperazine rings is 1. The van der Waals surface area contributed by atoms with Gasteiger partial charge in [-0.2, -0.15) is 0 Å². The van der Waals surface area contributed by atoms with Crippen LogP contribution in [0.1, 0.15) is 25.0 Å². The van der Waals surface area contributed by atoms with Gasteiger partial charge in [0.1, 0.15) is 5.75 Å². The summed E-state index contributed by atoms with van der Waals surface area (Å²) in [6, 6.07) is 8.88. The lowest BCUT2D eigenvalue weighted by atomic mass is 10.1. The van der Waals surface area contributed by atoms with E-state index in [9.17, 15) is 27.9 Å². The van der Waals surface area contributed by atoms with Crippen LogP contribution in [0.25, 0.3) is 0 Å². The van der Waals surface area contributed by atoms with Crippen molar-refractivity contribution >= 4 is 29.4 Å². The smallest absolute Gasteiger partial charge is 0.325 e. The van der Waals surface area contributed by atoms with Crippen LogP contribution in [0.15, 0.2) is 40.9 Å². The van der Waals surface area contributed by atoms with Gasteiger partial charge in [-0.25, -0.2) is 8.78 Å². The second-order valence-corrected chi connectivity index (χ2v) is 11.3. The van der Waals surface area contributed by atoms with Crippen molar-refractivity contribution < 1.29 is 32.7 Å². The van der Waals surface area contributed by atoms with Crippen LogP contribution in [0.5, 0.6) is 5.75 Å². The molecule has 2 N–H and O–H groups in total. The number of halogens is 3. The first kappa shape index (κ1) is 26.8. The Kier molecular flexibility index (Phi) is 8.87. The van der Waals surface area contributed by atoms with E-state index in [-0.39, 0.29) is 37.2 Å². The third-order valence-corrected chi connectivity index (χ3v) is 7.15. The molecular weight excluding hydrogens is 533 g/mol. The molecule has 0 aliphatic carbocycles. The summed E-state index contributed by atoms with van der Waals surface area (Å²) < 4.78 is 44.5. The SMILES string of the molecule is C[C@@H]1CN(Cc2ccc(F)c(F)c2)[C@@H](C)CN1C(=O)COc1ccc(Br)cc1CCP(=O)(O)O. The average molecular weight is 561 g/mol. The zero-order valence-corrected chi connectivity index (χ0v) is 21.4. The highest BCUT2D eigenvalue weighted by Gasteiger charge is 2.32. The number of ether oxygens (including phenoxy) is 1. The molecule has 1 heterocycles. The minimum atomic E-state index is -4.17. The molecule has 0 bridgehead atoms. The molecule has 186 valence electrons. The predicted molar refractivity (Wildman–Crippen MR) is 128 cm³/mol. The van der Waals surface area contributed by atoms with Gasteiger partial charge in [-0.1, -0.05) is 22.0 Å². The number of hydrogen-bond donors (Lipinski definition) is 2. The summed E-state index contributed by atoms with van der Waals surface area (Å²) in [6.45, 7) is 5.17. The molecule has 3 rings (SSSR count). The van der Waals surface area contributed by atoms with E-state index in [2.05, 4.69) is 20.8 Å². The van der Waals surface area contributed by atoms with E-state index in [0.29, 0.717) is 36.5 Å². The second kappa shape index (κ2) is 11.3. The van der Waals surface area contributed by atoms with Gasteiger partial charge in [0, 0.05) is 36.2 Å². The van der Waals surface area contributed by atoms with Gasteiger partial charge in [-0.3, -0.25) is 14.3 Å². The Morgan fingerprint density at radius 1 is 1.12 bits per heavy atom. The molecule has 34 heavy (non-hydrogen) atoms. The Labute approximate surface area is 206 Å². The predicted octanol–water partition coefficient (Wildman–Crippen LogP) is 3.95. The van der Waals surface area contributed by atoms with Crippen LogP contribution in [0.3, 0.4) is 0 Å². The molecule has 1 amide bonds. The van der Waals surface area contributed by atoms with Gasteiger partial charge in [0.05, 0.1) is 6.16 Å². The van der Waals surface area contributed by atoms with Crippen LogP contribution in [0.4, 0.5) is 8.78 Å². The fourth-order valence-electron chi connectivity index (χ4n) is 4.01. The quantitative estimate of drug-likeness (QED) is 0.475. The maximum atomic E-state index is 13.6. The van der Waals surface area contributed by atoms with Crippen LogP contribution in [-0.4, -0.2) is 63.4 Å². The van der Waals surface area contributed by atoms with Crippen LogP contribution in [-0.2, 0) is 22.3 Å². The first-order valence-electron chi connectivity index (χ1n) is 10.9. The average Bonchev–Trinajstić information content (AvgIpc) is 2.75. The van der Waals surface area contributed by atoms with Crippen molar-refractivity contribution in [2.24, 2.45) is 0 Å². The Bertz CT molecular complexity index is 1080. The van der Waals surface area contributed by atoms with Gasteiger partial charge < -0.3 is 19.4 Å². The highest BCUT2D eigenvalue weighted by atomic mass is 79.9. The number of nitrogens with zero attached hydrogens (tertiary/aromatic N) is 2. The number of aryl methyl sites for hydroxylation is 1. The van der Waals surface area contributed by atoms with Crippen LogP contribution < -0.4 is 4.74 Å². The number of hydrogen-bond acceptors (Lipinski definition) is 4. The molecule has 0 unspecified atom stereocenters. The fourth-order valence-corrected chi connectivity index (χ4v) is 4.95. The molecule has 1 saturated heterocycles. The van der Waals surface area contributed by atoms with Gasteiger partial charge in [0.15, 0.2) is 18.2 Å². The maximum absolute atomic E-state index is 13.6. The van der Waals surface area contributed by atoms with Gasteiger partial charge in [0.2, 0.25) is 0 Å². The zero-order chi connectivity index (χ0) is 25.0. The fraction of sp³-hybridized carbons (Fsp3) is 0.435. The molecule has 1 fully saturated rings. The molecule has 0 aromatic heterocycles. The Morgan fingerprint density at radius 2 is 1.85 bits per heavy atom. The summed E-state index contributed by atoms with van der Waals surface area (Å²) in [5.41, 5.74) is 1.27. The minimum absolute atomic E-state index is 0.000224. The van der Waals surface area contributed by atoms with Crippen LogP contribution in [0, 0.1) is 11.6 Å². The third kappa shape index (κ3) is 7.33. The van der Waals surface area contributed by atoms with Gasteiger partial charge in [-0.05, 0) is 61.7 Å². The van der Waals surface area contributed by atoms with E-state index in [1.54, 1.807) is 29.2 Å². The molecule has 2 atom stereocenters. The molecule has 0 radical (unpaired) electrons. The summed E-state index contributed by atoms with van der Waals surface area (Å²) in [5, 5.41) is 0. The van der Waals surface area contributed by atoms with Crippen LogP contribution in [0.2, 0.25) is 0 Å². The van der Waals surface area contributed by atoms with Gasteiger partial charge in [-0.15, -0.1) is 0 Å². The van der Waals surface area contributed by atoms with Crippen molar-refractivity contribution in [2.75, 3.05) is 25.9 Å². The first-order valence-corrected chi connectivity index (χ1v) is 13.4. The monoisotopic (exact) mass is 560 g/mol. The number of carbonyl (C=O) groups is 1. The number of rotatable bonds is 8. The first-order chi connectivity index (χ1) is 15.9. The minimum Gasteiger partial charge on any atom is -0.483 e. The lowest BCUT2D eigenvalue weighted by Crippen LogP contribution is -2.58. The van der Waals surface area contributed by atoms with E-state index < -0.39 is 19.2 Å². The highest BCUT2D eigenvalue weighted by Crippen LogP contribution is 2.36. The number of carbonyl (C=O) groups excluding carboxylic acids is 1. The van der Waals surface area contributed by atoms with E-state index >= 15 is 0 Å². The topological polar surface area (TPSA) is 90.3 Å². The normalized spacial score (nSPS) is 19.3. The second-order valence-electron chi connectivity index (χ2n) is 8.60. The molecule has 1 aliphatic heterocycles. The molecule has 0 spiro atoms. The lowest BCUT2D eigenvalue weighted by Gasteiger charge is -2.44. The van der Waals surface area contributed by atoms with E-state index in [4.69, 9.17) is 4.74 Å². The number of amides is 1. The molecule has 2 aromatic carbocycles. The van der Waals surface area contributed by atoms with Gasteiger partial charge >= 0.3 is 7.60 Å². The zero-order valence-electron chi connectivity index (χ0n) is 19.0. The number of benzene rings is 2. The van der Waals surface area contributed by atoms with Crippen molar-refractivity contribution in [3.63, 3.8) is 0 Å². The van der Waals surface area contributed by atoms with Gasteiger partial charge in [0.25, 0.3) is 5.91 Å². The third-order valence-electron chi connectivity index (χ3n) is 5.85. The summed E-state index contributed by atoms with van der Waals surface area (Å²) in [6.07, 6.45) is -0.203. The molecular formula is C23H28BrF2N2O5P. The van der Waals surface area contributed by atoms with Crippen LogP contribution >= 0.6 is 23.5 Å². The van der Waals surface area contributed by atoms with Crippen molar-refractivity contribution in [3.8, 4) is 5.75 Å². The highest BCUT2D eigenvalue weighted by molar-refractivity contribution is 9.10. The van der Waals surface area contributed by atoms with Crippen molar-refractivity contribution in [1.29, 1.82) is 0 Å². The Morgan fingerprint density at radius 3 is 2.53 bits per heavy atom. The summed E-state index contributed by atoms with van der Waals surface area (Å²) in [5.74, 6) is -1.55. The van der Waals surface area contributed by atoms with E-state index in [1.165, 1.54) is 6.07 Å². The standard InChI is InChI=1S/C23H28BrF2N2O5P/c1-15-12-28(16(2)11-27(15)13-17-3-5-20(25)21(26)9-17)23(29)14-33-22-6-4-19(24)10-18(22)7-8-34(30,31)32/h3-6,9-10,15-16H,7-8,11-14H2,1-2H3,(H2,30,31,32)/t15-,16+/m0/s1. The maximum Gasteiger partial charge on any atom is 0.325 e. The van der Waals surface area contributed by atoms with Crippen molar-refractivity contribution in [1.82, 2.24) is 9.80 Å². The van der Waals surface area contributed by atoms with Crippen molar-refractivity contribution in [3.05, 3.63) is 63.6 Å². The van der Waals surface area contributed by atoms with E-state index in [1.807, 2.05) is 13.8 Å².